The van der Waals surface area contributed by atoms with Crippen molar-refractivity contribution in [1.29, 1.82) is 0 Å². The molecule has 1 saturated carbocycles. The number of rotatable bonds is 4. The van der Waals surface area contributed by atoms with Crippen LogP contribution in [0.5, 0.6) is 0 Å². The third kappa shape index (κ3) is 2.70. The van der Waals surface area contributed by atoms with E-state index in [0.29, 0.717) is 11.4 Å². The molecule has 0 N–H and O–H groups in total. The molecule has 19 heavy (non-hydrogen) atoms. The first-order valence-corrected chi connectivity index (χ1v) is 7.14. The van der Waals surface area contributed by atoms with Gasteiger partial charge in [-0.05, 0) is 19.8 Å². The molecule has 0 amide bonds. The molecule has 0 unspecified atom stereocenters. The molecular weight excluding hydrogens is 264 g/mol. The number of nitrogens with zero attached hydrogens (tertiary/aromatic N) is 2. The van der Waals surface area contributed by atoms with Crippen LogP contribution in [0.4, 0.5) is 0 Å². The highest BCUT2D eigenvalue weighted by atomic mass is 35.5. The van der Waals surface area contributed by atoms with Crippen molar-refractivity contribution in [3.63, 3.8) is 0 Å². The van der Waals surface area contributed by atoms with E-state index in [4.69, 9.17) is 16.3 Å². The molecule has 0 bridgehead atoms. The molecule has 2 rings (SSSR count). The Morgan fingerprint density at radius 2 is 2.05 bits per heavy atom. The average molecular weight is 285 g/mol. The standard InChI is InChI=1S/C14H21ClN2O2/c1-10-13(15)11(17(2)16-10)9-12(18)14(19-3)7-5-4-6-8-14/h4-9H2,1-3H3. The lowest BCUT2D eigenvalue weighted by Gasteiger charge is -2.34. The van der Waals surface area contributed by atoms with Crippen molar-refractivity contribution in [3.8, 4) is 0 Å². The summed E-state index contributed by atoms with van der Waals surface area (Å²) in [7, 11) is 3.46. The monoisotopic (exact) mass is 284 g/mol. The van der Waals surface area contributed by atoms with Gasteiger partial charge in [-0.3, -0.25) is 9.48 Å². The number of Topliss-reactive ketones (excluding diaryl/α,β-unsaturated/α-hetero) is 1. The molecule has 0 saturated heterocycles. The van der Waals surface area contributed by atoms with Crippen molar-refractivity contribution >= 4 is 17.4 Å². The van der Waals surface area contributed by atoms with Crippen molar-refractivity contribution in [3.05, 3.63) is 16.4 Å². The molecule has 0 aliphatic heterocycles. The van der Waals surface area contributed by atoms with E-state index in [-0.39, 0.29) is 5.78 Å². The van der Waals surface area contributed by atoms with E-state index in [9.17, 15) is 4.79 Å². The summed E-state index contributed by atoms with van der Waals surface area (Å²) >= 11 is 6.21. The minimum atomic E-state index is -0.611. The first-order valence-electron chi connectivity index (χ1n) is 6.76. The minimum Gasteiger partial charge on any atom is -0.370 e. The largest absolute Gasteiger partial charge is 0.370 e. The molecule has 4 nitrogen and oxygen atoms in total. The molecule has 1 heterocycles. The molecule has 0 spiro atoms. The van der Waals surface area contributed by atoms with Gasteiger partial charge < -0.3 is 4.74 Å². The van der Waals surface area contributed by atoms with E-state index < -0.39 is 5.60 Å². The maximum absolute atomic E-state index is 12.6. The van der Waals surface area contributed by atoms with E-state index in [1.54, 1.807) is 11.8 Å². The highest BCUT2D eigenvalue weighted by Gasteiger charge is 2.39. The van der Waals surface area contributed by atoms with Crippen LogP contribution in [-0.4, -0.2) is 28.3 Å². The average Bonchev–Trinajstić information content (AvgIpc) is 2.66. The summed E-state index contributed by atoms with van der Waals surface area (Å²) in [4.78, 5) is 12.6. The molecule has 0 atom stereocenters. The van der Waals surface area contributed by atoms with Gasteiger partial charge in [-0.15, -0.1) is 0 Å². The fraction of sp³-hybridized carbons (Fsp3) is 0.714. The molecule has 1 aromatic rings. The number of carbonyl (C=O) groups is 1. The molecule has 5 heteroatoms. The number of ketones is 1. The smallest absolute Gasteiger partial charge is 0.170 e. The van der Waals surface area contributed by atoms with Crippen LogP contribution in [0.3, 0.4) is 0 Å². The lowest BCUT2D eigenvalue weighted by molar-refractivity contribution is -0.144. The predicted octanol–water partition coefficient (Wildman–Crippen LogP) is 2.84. The van der Waals surface area contributed by atoms with E-state index in [2.05, 4.69) is 5.10 Å². The Morgan fingerprint density at radius 1 is 1.42 bits per heavy atom. The lowest BCUT2D eigenvalue weighted by Crippen LogP contribution is -2.43. The van der Waals surface area contributed by atoms with Gasteiger partial charge >= 0.3 is 0 Å². The fourth-order valence-electron chi connectivity index (χ4n) is 2.90. The number of methoxy groups -OCH3 is 1. The van der Waals surface area contributed by atoms with Gasteiger partial charge in [-0.25, -0.2) is 0 Å². The summed E-state index contributed by atoms with van der Waals surface area (Å²) in [5, 5.41) is 4.84. The van der Waals surface area contributed by atoms with Crippen molar-refractivity contribution < 1.29 is 9.53 Å². The normalized spacial score (nSPS) is 18.5. The number of hydrogen-bond donors (Lipinski definition) is 0. The van der Waals surface area contributed by atoms with Crippen LogP contribution in [0.25, 0.3) is 0 Å². The summed E-state index contributed by atoms with van der Waals surface area (Å²) in [5.41, 5.74) is 0.938. The Balaban J connectivity index is 2.19. The van der Waals surface area contributed by atoms with Gasteiger partial charge in [0.25, 0.3) is 0 Å². The van der Waals surface area contributed by atoms with Crippen molar-refractivity contribution in [1.82, 2.24) is 9.78 Å². The second kappa shape index (κ2) is 5.63. The van der Waals surface area contributed by atoms with Crippen molar-refractivity contribution in [2.75, 3.05) is 7.11 Å². The SMILES string of the molecule is COC1(C(=O)Cc2c(Cl)c(C)nn2C)CCCCC1. The maximum Gasteiger partial charge on any atom is 0.170 e. The predicted molar refractivity (Wildman–Crippen MR) is 74.5 cm³/mol. The van der Waals surface area contributed by atoms with Crippen LogP contribution in [0.15, 0.2) is 0 Å². The summed E-state index contributed by atoms with van der Waals surface area (Å²) in [5.74, 6) is 0.125. The van der Waals surface area contributed by atoms with Crippen LogP contribution in [0.2, 0.25) is 5.02 Å². The third-order valence-electron chi connectivity index (χ3n) is 4.15. The number of aromatic nitrogens is 2. The van der Waals surface area contributed by atoms with Crippen LogP contribution in [-0.2, 0) is 23.0 Å². The third-order valence-corrected chi connectivity index (χ3v) is 4.64. The summed E-state index contributed by atoms with van der Waals surface area (Å²) in [6, 6.07) is 0. The first-order chi connectivity index (χ1) is 9.00. The Hall–Kier alpha value is -0.870. The molecule has 0 radical (unpaired) electrons. The van der Waals surface area contributed by atoms with Gasteiger partial charge in [0.2, 0.25) is 0 Å². The van der Waals surface area contributed by atoms with E-state index in [0.717, 1.165) is 37.1 Å². The number of ether oxygens (including phenoxy) is 1. The summed E-state index contributed by atoms with van der Waals surface area (Å²) in [6.07, 6.45) is 5.22. The zero-order chi connectivity index (χ0) is 14.0. The second-order valence-corrected chi connectivity index (χ2v) is 5.71. The van der Waals surface area contributed by atoms with Gasteiger partial charge in [-0.2, -0.15) is 5.10 Å². The Labute approximate surface area is 119 Å². The molecule has 1 aromatic heterocycles. The fourth-order valence-corrected chi connectivity index (χ4v) is 3.13. The Bertz CT molecular complexity index is 476. The van der Waals surface area contributed by atoms with Crippen LogP contribution in [0, 0.1) is 6.92 Å². The lowest BCUT2D eigenvalue weighted by atomic mass is 9.80. The summed E-state index contributed by atoms with van der Waals surface area (Å²) in [6.45, 7) is 1.85. The van der Waals surface area contributed by atoms with Gasteiger partial charge in [0.05, 0.1) is 22.8 Å². The molecular formula is C14H21ClN2O2. The van der Waals surface area contributed by atoms with Crippen molar-refractivity contribution in [2.24, 2.45) is 7.05 Å². The van der Waals surface area contributed by atoms with Crippen LogP contribution in [0.1, 0.15) is 43.5 Å². The highest BCUT2D eigenvalue weighted by molar-refractivity contribution is 6.32. The molecule has 106 valence electrons. The minimum absolute atomic E-state index is 0.125. The maximum atomic E-state index is 12.6. The molecule has 1 fully saturated rings. The topological polar surface area (TPSA) is 44.1 Å². The van der Waals surface area contributed by atoms with Gasteiger partial charge in [-0.1, -0.05) is 30.9 Å². The quantitative estimate of drug-likeness (QED) is 0.854. The van der Waals surface area contributed by atoms with Gasteiger partial charge in [0.1, 0.15) is 5.60 Å². The Morgan fingerprint density at radius 3 is 2.53 bits per heavy atom. The zero-order valence-corrected chi connectivity index (χ0v) is 12.6. The van der Waals surface area contributed by atoms with Gasteiger partial charge in [0, 0.05) is 14.2 Å². The number of aryl methyl sites for hydroxylation is 2. The number of hydrogen-bond acceptors (Lipinski definition) is 3. The zero-order valence-electron chi connectivity index (χ0n) is 11.8. The van der Waals surface area contributed by atoms with E-state index in [1.165, 1.54) is 6.42 Å². The molecule has 1 aliphatic rings. The van der Waals surface area contributed by atoms with E-state index >= 15 is 0 Å². The Kier molecular flexibility index (Phi) is 4.31. The van der Waals surface area contributed by atoms with Crippen LogP contribution >= 0.6 is 11.6 Å². The first kappa shape index (κ1) is 14.5. The molecule has 1 aliphatic carbocycles. The van der Waals surface area contributed by atoms with E-state index in [1.807, 2.05) is 14.0 Å². The second-order valence-electron chi connectivity index (χ2n) is 5.33. The van der Waals surface area contributed by atoms with Crippen LogP contribution < -0.4 is 0 Å². The van der Waals surface area contributed by atoms with Crippen molar-refractivity contribution in [2.45, 2.75) is 51.0 Å². The number of halogens is 1. The number of carbonyl (C=O) groups excluding carboxylic acids is 1. The highest BCUT2D eigenvalue weighted by Crippen LogP contribution is 2.33. The summed E-state index contributed by atoms with van der Waals surface area (Å²) < 4.78 is 7.27. The van der Waals surface area contributed by atoms with Gasteiger partial charge in [0.15, 0.2) is 5.78 Å². The molecule has 0 aromatic carbocycles.